The number of benzene rings is 4. The van der Waals surface area contributed by atoms with E-state index < -0.39 is 0 Å². The molecule has 0 aliphatic heterocycles. The van der Waals surface area contributed by atoms with Crippen LogP contribution in [0.3, 0.4) is 0 Å². The van der Waals surface area contributed by atoms with Crippen molar-refractivity contribution in [2.24, 2.45) is 0 Å². The smallest absolute Gasteiger partial charge is 0.127 e. The SMILES string of the molecule is C.CC=Cc1ccc(C=Cc2cc(OC)c(C)cc2OCCCCCCCC)cc1.CC=Cc1ccc(C=Cc2cc(OCCCCCCCC)c(C)cc2OCCCCCCCC)cc1. The van der Waals surface area contributed by atoms with Crippen molar-refractivity contribution >= 4 is 36.5 Å². The molecule has 0 unspecified atom stereocenters. The third-order valence-electron chi connectivity index (χ3n) is 11.6. The minimum absolute atomic E-state index is 0. The van der Waals surface area contributed by atoms with Crippen molar-refractivity contribution in [3.63, 3.8) is 0 Å². The number of rotatable bonds is 31. The van der Waals surface area contributed by atoms with E-state index in [0.29, 0.717) is 0 Å². The van der Waals surface area contributed by atoms with Gasteiger partial charge in [0.2, 0.25) is 0 Å². The van der Waals surface area contributed by atoms with Crippen LogP contribution in [0.4, 0.5) is 0 Å². The standard InChI is InChI=1S/C34H50O2.C27H36O2.CH4/c1-5-8-10-12-14-16-25-35-33-28-32(24-23-31-21-19-30(18-7-3)20-22-31)34(27-29(33)4)36-26-17-15-13-11-9-6-2;1-5-7-8-9-10-11-19-29-27-20-22(3)26(28-4)21-25(27)18-17-24-15-13-23(12-6-2)14-16-24;/h7,18-24,27-28H,5-6,8-17,25-26H2,1-4H3;6,12-18,20-21H,5,7-11,19H2,1-4H3;1H4. The van der Waals surface area contributed by atoms with Crippen molar-refractivity contribution in [2.45, 2.75) is 171 Å². The summed E-state index contributed by atoms with van der Waals surface area (Å²) in [5.74, 6) is 3.74. The molecule has 0 bridgehead atoms. The van der Waals surface area contributed by atoms with Crippen molar-refractivity contribution in [3.8, 4) is 23.0 Å². The van der Waals surface area contributed by atoms with Crippen molar-refractivity contribution in [3.05, 3.63) is 129 Å². The van der Waals surface area contributed by atoms with Gasteiger partial charge in [-0.2, -0.15) is 0 Å². The number of hydrogen-bond acceptors (Lipinski definition) is 4. The highest BCUT2D eigenvalue weighted by atomic mass is 16.5. The number of methoxy groups -OCH3 is 1. The van der Waals surface area contributed by atoms with E-state index in [9.17, 15) is 0 Å². The van der Waals surface area contributed by atoms with Crippen LogP contribution >= 0.6 is 0 Å². The van der Waals surface area contributed by atoms with Gasteiger partial charge >= 0.3 is 0 Å². The second kappa shape index (κ2) is 36.2. The average Bonchev–Trinajstić information content (AvgIpc) is 3.31. The first-order chi connectivity index (χ1) is 31.8. The highest BCUT2D eigenvalue weighted by molar-refractivity contribution is 5.75. The first kappa shape index (κ1) is 57.2. The van der Waals surface area contributed by atoms with Crippen LogP contribution < -0.4 is 18.9 Å². The molecule has 0 amide bonds. The summed E-state index contributed by atoms with van der Waals surface area (Å²) in [5, 5.41) is 0. The maximum atomic E-state index is 6.28. The molecule has 0 saturated carbocycles. The molecule has 0 atom stereocenters. The third-order valence-corrected chi connectivity index (χ3v) is 11.6. The van der Waals surface area contributed by atoms with E-state index in [1.54, 1.807) is 7.11 Å². The Kier molecular flexibility index (Phi) is 31.4. The molecule has 362 valence electrons. The van der Waals surface area contributed by atoms with Crippen LogP contribution in [-0.4, -0.2) is 26.9 Å². The quantitative estimate of drug-likeness (QED) is 0.0372. The Morgan fingerprint density at radius 2 is 0.667 bits per heavy atom. The van der Waals surface area contributed by atoms with Crippen LogP contribution in [0.25, 0.3) is 36.5 Å². The van der Waals surface area contributed by atoms with Crippen LogP contribution in [0.1, 0.15) is 202 Å². The van der Waals surface area contributed by atoms with E-state index in [1.807, 2.05) is 13.8 Å². The van der Waals surface area contributed by atoms with E-state index in [1.165, 1.54) is 119 Å². The second-order valence-corrected chi connectivity index (χ2v) is 17.4. The minimum atomic E-state index is 0. The molecule has 4 heteroatoms. The van der Waals surface area contributed by atoms with Gasteiger partial charge in [0.15, 0.2) is 0 Å². The summed E-state index contributed by atoms with van der Waals surface area (Å²) < 4.78 is 24.2. The number of allylic oxidation sites excluding steroid dienone is 2. The zero-order valence-corrected chi connectivity index (χ0v) is 42.0. The van der Waals surface area contributed by atoms with Crippen molar-refractivity contribution < 1.29 is 18.9 Å². The molecule has 0 aromatic heterocycles. The Balaban J connectivity index is 0.000000457. The molecule has 4 nitrogen and oxygen atoms in total. The van der Waals surface area contributed by atoms with E-state index in [2.05, 4.69) is 156 Å². The fourth-order valence-corrected chi connectivity index (χ4v) is 7.63. The molecular formula is C62H90O4. The number of unbranched alkanes of at least 4 members (excludes halogenated alkanes) is 15. The van der Waals surface area contributed by atoms with Gasteiger partial charge in [0.25, 0.3) is 0 Å². The van der Waals surface area contributed by atoms with Crippen LogP contribution in [0.2, 0.25) is 0 Å². The summed E-state index contributed by atoms with van der Waals surface area (Å²) in [6, 6.07) is 25.6. The van der Waals surface area contributed by atoms with E-state index in [4.69, 9.17) is 18.9 Å². The van der Waals surface area contributed by atoms with Gasteiger partial charge in [-0.1, -0.05) is 222 Å². The van der Waals surface area contributed by atoms with E-state index in [-0.39, 0.29) is 7.43 Å². The normalized spacial score (nSPS) is 11.3. The van der Waals surface area contributed by atoms with Crippen LogP contribution in [0.5, 0.6) is 23.0 Å². The van der Waals surface area contributed by atoms with Crippen LogP contribution in [0.15, 0.2) is 84.9 Å². The van der Waals surface area contributed by atoms with Gasteiger partial charge in [-0.15, -0.1) is 0 Å². The summed E-state index contributed by atoms with van der Waals surface area (Å²) in [4.78, 5) is 0. The van der Waals surface area contributed by atoms with Gasteiger partial charge in [-0.05, 0) is 105 Å². The van der Waals surface area contributed by atoms with Gasteiger partial charge in [0, 0.05) is 11.1 Å². The lowest BCUT2D eigenvalue weighted by Crippen LogP contribution is -2.02. The second-order valence-electron chi connectivity index (χ2n) is 17.4. The molecule has 0 heterocycles. The maximum Gasteiger partial charge on any atom is 0.127 e. The van der Waals surface area contributed by atoms with E-state index >= 15 is 0 Å². The first-order valence-electron chi connectivity index (χ1n) is 25.4. The van der Waals surface area contributed by atoms with Crippen molar-refractivity contribution in [1.82, 2.24) is 0 Å². The van der Waals surface area contributed by atoms with Gasteiger partial charge in [0.05, 0.1) is 26.9 Å². The Labute approximate surface area is 404 Å². The largest absolute Gasteiger partial charge is 0.496 e. The molecule has 0 spiro atoms. The zero-order valence-electron chi connectivity index (χ0n) is 42.0. The summed E-state index contributed by atoms with van der Waals surface area (Å²) >= 11 is 0. The third kappa shape index (κ3) is 23.5. The van der Waals surface area contributed by atoms with Crippen molar-refractivity contribution in [2.75, 3.05) is 26.9 Å². The lowest BCUT2D eigenvalue weighted by molar-refractivity contribution is 0.294. The molecule has 4 aromatic carbocycles. The molecule has 0 aliphatic carbocycles. The summed E-state index contributed by atoms with van der Waals surface area (Å²) in [6.07, 6.45) is 39.8. The number of hydrogen-bond donors (Lipinski definition) is 0. The molecule has 0 saturated heterocycles. The number of aryl methyl sites for hydroxylation is 2. The fourth-order valence-electron chi connectivity index (χ4n) is 7.63. The first-order valence-corrected chi connectivity index (χ1v) is 25.4. The highest BCUT2D eigenvalue weighted by Crippen LogP contribution is 2.32. The minimum Gasteiger partial charge on any atom is -0.496 e. The lowest BCUT2D eigenvalue weighted by Gasteiger charge is -2.15. The Bertz CT molecular complexity index is 1960. The fraction of sp³-hybridized carbons (Fsp3) is 0.484. The predicted molar refractivity (Wildman–Crippen MR) is 292 cm³/mol. The van der Waals surface area contributed by atoms with Gasteiger partial charge < -0.3 is 18.9 Å². The topological polar surface area (TPSA) is 36.9 Å². The predicted octanol–water partition coefficient (Wildman–Crippen LogP) is 19.3. The monoisotopic (exact) mass is 899 g/mol. The Morgan fingerprint density at radius 3 is 1.02 bits per heavy atom. The van der Waals surface area contributed by atoms with Crippen molar-refractivity contribution in [1.29, 1.82) is 0 Å². The Hall–Kier alpha value is -4.96. The average molecular weight is 899 g/mol. The van der Waals surface area contributed by atoms with Gasteiger partial charge in [-0.3, -0.25) is 0 Å². The zero-order chi connectivity index (χ0) is 46.7. The number of ether oxygens (including phenoxy) is 4. The summed E-state index contributed by atoms with van der Waals surface area (Å²) in [6.45, 7) is 17.3. The van der Waals surface area contributed by atoms with E-state index in [0.717, 1.165) is 84.3 Å². The van der Waals surface area contributed by atoms with Crippen LogP contribution in [-0.2, 0) is 0 Å². The molecule has 4 aromatic rings. The lowest BCUT2D eigenvalue weighted by atomic mass is 10.1. The van der Waals surface area contributed by atoms with Gasteiger partial charge in [-0.25, -0.2) is 0 Å². The molecule has 0 aliphatic rings. The summed E-state index contributed by atoms with van der Waals surface area (Å²) in [7, 11) is 1.71. The van der Waals surface area contributed by atoms with Gasteiger partial charge in [0.1, 0.15) is 23.0 Å². The maximum absolute atomic E-state index is 6.28. The molecule has 0 N–H and O–H groups in total. The molecule has 0 fully saturated rings. The molecule has 66 heavy (non-hydrogen) atoms. The Morgan fingerprint density at radius 1 is 0.364 bits per heavy atom. The molecule has 0 radical (unpaired) electrons. The summed E-state index contributed by atoms with van der Waals surface area (Å²) in [5.41, 5.74) is 9.16. The molecular weight excluding hydrogens is 809 g/mol. The van der Waals surface area contributed by atoms with Crippen LogP contribution in [0, 0.1) is 13.8 Å². The molecule has 4 rings (SSSR count). The highest BCUT2D eigenvalue weighted by Gasteiger charge is 2.10.